The Balaban J connectivity index is 1.87. The van der Waals surface area contributed by atoms with Gasteiger partial charge in [-0.2, -0.15) is 0 Å². The lowest BCUT2D eigenvalue weighted by Crippen LogP contribution is -2.43. The average molecular weight is 290 g/mol. The minimum Gasteiger partial charge on any atom is -0.349 e. The number of hydrogen-bond donors (Lipinski definition) is 1. The van der Waals surface area contributed by atoms with Crippen LogP contribution in [-0.2, 0) is 11.2 Å². The van der Waals surface area contributed by atoms with Gasteiger partial charge in [0.15, 0.2) is 5.11 Å². The SMILES string of the molecule is Cc1ccccc1CC(=O)NC(=S)N1CCCCCC1. The Morgan fingerprint density at radius 2 is 1.85 bits per heavy atom. The van der Waals surface area contributed by atoms with Crippen LogP contribution in [0.4, 0.5) is 0 Å². The quantitative estimate of drug-likeness (QED) is 0.850. The molecule has 3 nitrogen and oxygen atoms in total. The lowest BCUT2D eigenvalue weighted by atomic mass is 10.1. The Bertz CT molecular complexity index is 479. The summed E-state index contributed by atoms with van der Waals surface area (Å²) in [6, 6.07) is 7.96. The molecule has 1 saturated heterocycles. The number of carbonyl (C=O) groups excluding carboxylic acids is 1. The first-order valence-corrected chi connectivity index (χ1v) is 7.71. The molecule has 0 spiro atoms. The smallest absolute Gasteiger partial charge is 0.230 e. The third-order valence-corrected chi connectivity index (χ3v) is 4.11. The number of nitrogens with zero attached hydrogens (tertiary/aromatic N) is 1. The third-order valence-electron chi connectivity index (χ3n) is 3.75. The van der Waals surface area contributed by atoms with Crippen molar-refractivity contribution in [3.8, 4) is 0 Å². The number of aryl methyl sites for hydroxylation is 1. The van der Waals surface area contributed by atoms with Crippen LogP contribution in [0, 0.1) is 6.92 Å². The summed E-state index contributed by atoms with van der Waals surface area (Å²) in [5.74, 6) is -0.0199. The van der Waals surface area contributed by atoms with E-state index in [-0.39, 0.29) is 5.91 Å². The molecule has 0 aliphatic carbocycles. The van der Waals surface area contributed by atoms with Crippen LogP contribution in [0.5, 0.6) is 0 Å². The van der Waals surface area contributed by atoms with E-state index in [1.807, 2.05) is 31.2 Å². The maximum absolute atomic E-state index is 12.1. The van der Waals surface area contributed by atoms with Gasteiger partial charge in [-0.1, -0.05) is 37.1 Å². The van der Waals surface area contributed by atoms with Crippen molar-refractivity contribution in [2.75, 3.05) is 13.1 Å². The minimum atomic E-state index is -0.0199. The highest BCUT2D eigenvalue weighted by Crippen LogP contribution is 2.10. The van der Waals surface area contributed by atoms with E-state index in [0.717, 1.165) is 37.1 Å². The molecule has 1 N–H and O–H groups in total. The Hall–Kier alpha value is -1.42. The summed E-state index contributed by atoms with van der Waals surface area (Å²) in [6.45, 7) is 3.95. The highest BCUT2D eigenvalue weighted by molar-refractivity contribution is 7.80. The van der Waals surface area contributed by atoms with Crippen LogP contribution in [0.3, 0.4) is 0 Å². The van der Waals surface area contributed by atoms with Gasteiger partial charge in [-0.25, -0.2) is 0 Å². The number of thiocarbonyl (C=S) groups is 1. The zero-order valence-electron chi connectivity index (χ0n) is 12.0. The summed E-state index contributed by atoms with van der Waals surface area (Å²) in [6.07, 6.45) is 5.23. The maximum Gasteiger partial charge on any atom is 0.230 e. The summed E-state index contributed by atoms with van der Waals surface area (Å²) in [4.78, 5) is 14.2. The Morgan fingerprint density at radius 1 is 1.20 bits per heavy atom. The number of carbonyl (C=O) groups is 1. The van der Waals surface area contributed by atoms with Crippen LogP contribution in [-0.4, -0.2) is 29.0 Å². The Labute approximate surface area is 126 Å². The van der Waals surface area contributed by atoms with Gasteiger partial charge in [0.1, 0.15) is 0 Å². The van der Waals surface area contributed by atoms with Crippen molar-refractivity contribution in [3.63, 3.8) is 0 Å². The van der Waals surface area contributed by atoms with Crippen molar-refractivity contribution in [2.24, 2.45) is 0 Å². The second-order valence-electron chi connectivity index (χ2n) is 5.36. The fraction of sp³-hybridized carbons (Fsp3) is 0.500. The zero-order chi connectivity index (χ0) is 14.4. The molecule has 0 saturated carbocycles. The highest BCUT2D eigenvalue weighted by Gasteiger charge is 2.15. The molecule has 20 heavy (non-hydrogen) atoms. The van der Waals surface area contributed by atoms with Gasteiger partial charge in [0.05, 0.1) is 6.42 Å². The molecule has 1 fully saturated rings. The second kappa shape index (κ2) is 7.39. The molecule has 0 aromatic heterocycles. The van der Waals surface area contributed by atoms with E-state index in [0.29, 0.717) is 11.5 Å². The van der Waals surface area contributed by atoms with Crippen molar-refractivity contribution in [2.45, 2.75) is 39.0 Å². The van der Waals surface area contributed by atoms with Crippen LogP contribution in [0.2, 0.25) is 0 Å². The molecule has 1 aromatic rings. The van der Waals surface area contributed by atoms with Crippen LogP contribution in [0.1, 0.15) is 36.8 Å². The number of hydrogen-bond acceptors (Lipinski definition) is 2. The van der Waals surface area contributed by atoms with Crippen molar-refractivity contribution in [3.05, 3.63) is 35.4 Å². The summed E-state index contributed by atoms with van der Waals surface area (Å²) in [5.41, 5.74) is 2.20. The van der Waals surface area contributed by atoms with Crippen LogP contribution < -0.4 is 5.32 Å². The lowest BCUT2D eigenvalue weighted by molar-refractivity contribution is -0.119. The highest BCUT2D eigenvalue weighted by atomic mass is 32.1. The molecule has 1 amide bonds. The average Bonchev–Trinajstić information content (AvgIpc) is 2.70. The van der Waals surface area contributed by atoms with E-state index < -0.39 is 0 Å². The largest absolute Gasteiger partial charge is 0.349 e. The van der Waals surface area contributed by atoms with E-state index in [9.17, 15) is 4.79 Å². The Kier molecular flexibility index (Phi) is 5.53. The summed E-state index contributed by atoms with van der Waals surface area (Å²) in [7, 11) is 0. The second-order valence-corrected chi connectivity index (χ2v) is 5.74. The van der Waals surface area contributed by atoms with Crippen molar-refractivity contribution in [1.82, 2.24) is 10.2 Å². The fourth-order valence-corrected chi connectivity index (χ4v) is 2.79. The topological polar surface area (TPSA) is 32.3 Å². The summed E-state index contributed by atoms with van der Waals surface area (Å²) < 4.78 is 0. The third kappa shape index (κ3) is 4.30. The molecule has 0 atom stereocenters. The van der Waals surface area contributed by atoms with Crippen LogP contribution in [0.15, 0.2) is 24.3 Å². The molecule has 1 aliphatic heterocycles. The van der Waals surface area contributed by atoms with Gasteiger partial charge in [0.25, 0.3) is 0 Å². The number of amides is 1. The molecule has 108 valence electrons. The van der Waals surface area contributed by atoms with E-state index >= 15 is 0 Å². The van der Waals surface area contributed by atoms with Gasteiger partial charge in [0.2, 0.25) is 5.91 Å². The molecule has 1 heterocycles. The van der Waals surface area contributed by atoms with E-state index in [1.54, 1.807) is 0 Å². The molecule has 1 aromatic carbocycles. The number of rotatable bonds is 2. The van der Waals surface area contributed by atoms with Gasteiger partial charge in [-0.3, -0.25) is 4.79 Å². The van der Waals surface area contributed by atoms with Gasteiger partial charge in [-0.05, 0) is 43.1 Å². The first-order valence-electron chi connectivity index (χ1n) is 7.30. The first kappa shape index (κ1) is 15.0. The van der Waals surface area contributed by atoms with Gasteiger partial charge < -0.3 is 10.2 Å². The normalized spacial score (nSPS) is 15.6. The predicted octanol–water partition coefficient (Wildman–Crippen LogP) is 2.81. The van der Waals surface area contributed by atoms with Gasteiger partial charge >= 0.3 is 0 Å². The maximum atomic E-state index is 12.1. The standard InChI is InChI=1S/C16H22N2OS/c1-13-8-4-5-9-14(13)12-15(19)17-16(20)18-10-6-2-3-7-11-18/h4-5,8-9H,2-3,6-7,10-12H2,1H3,(H,17,19,20). The number of benzene rings is 1. The number of likely N-dealkylation sites (tertiary alicyclic amines) is 1. The molecule has 0 bridgehead atoms. The molecule has 0 unspecified atom stereocenters. The summed E-state index contributed by atoms with van der Waals surface area (Å²) in [5, 5.41) is 3.46. The van der Waals surface area contributed by atoms with Crippen molar-refractivity contribution >= 4 is 23.2 Å². The molecular weight excluding hydrogens is 268 g/mol. The van der Waals surface area contributed by atoms with Gasteiger partial charge in [0, 0.05) is 13.1 Å². The minimum absolute atomic E-state index is 0.0199. The molecular formula is C16H22N2OS. The number of nitrogens with one attached hydrogen (secondary N) is 1. The molecule has 4 heteroatoms. The van der Waals surface area contributed by atoms with Crippen molar-refractivity contribution < 1.29 is 4.79 Å². The van der Waals surface area contributed by atoms with E-state index in [4.69, 9.17) is 12.2 Å². The molecule has 1 aliphatic rings. The summed E-state index contributed by atoms with van der Waals surface area (Å²) >= 11 is 5.35. The monoisotopic (exact) mass is 290 g/mol. The fourth-order valence-electron chi connectivity index (χ4n) is 2.50. The van der Waals surface area contributed by atoms with E-state index in [2.05, 4.69) is 10.2 Å². The van der Waals surface area contributed by atoms with E-state index in [1.165, 1.54) is 12.8 Å². The van der Waals surface area contributed by atoms with Gasteiger partial charge in [-0.15, -0.1) is 0 Å². The van der Waals surface area contributed by atoms with Crippen molar-refractivity contribution in [1.29, 1.82) is 0 Å². The Morgan fingerprint density at radius 3 is 2.50 bits per heavy atom. The molecule has 2 rings (SSSR count). The van der Waals surface area contributed by atoms with Crippen LogP contribution in [0.25, 0.3) is 0 Å². The molecule has 0 radical (unpaired) electrons. The van der Waals surface area contributed by atoms with Crippen LogP contribution >= 0.6 is 12.2 Å². The predicted molar refractivity (Wildman–Crippen MR) is 85.7 cm³/mol. The first-order chi connectivity index (χ1) is 9.66. The lowest BCUT2D eigenvalue weighted by Gasteiger charge is -2.23. The zero-order valence-corrected chi connectivity index (χ0v) is 12.8.